The van der Waals surface area contributed by atoms with Crippen molar-refractivity contribution in [1.82, 2.24) is 15.2 Å². The van der Waals surface area contributed by atoms with Crippen LogP contribution < -0.4 is 10.1 Å². The number of hydrogen-bond acceptors (Lipinski definition) is 4. The summed E-state index contributed by atoms with van der Waals surface area (Å²) in [6, 6.07) is 3.48. The Kier molecular flexibility index (Phi) is 5.64. The van der Waals surface area contributed by atoms with Gasteiger partial charge in [-0.25, -0.2) is 9.78 Å². The first-order valence-corrected chi connectivity index (χ1v) is 8.14. The van der Waals surface area contributed by atoms with Gasteiger partial charge in [0, 0.05) is 31.9 Å². The first kappa shape index (κ1) is 18.0. The maximum absolute atomic E-state index is 12.1. The van der Waals surface area contributed by atoms with Gasteiger partial charge in [-0.1, -0.05) is 6.07 Å². The van der Waals surface area contributed by atoms with Gasteiger partial charge < -0.3 is 20.1 Å². The lowest BCUT2D eigenvalue weighted by Gasteiger charge is -2.30. The predicted octanol–water partition coefficient (Wildman–Crippen LogP) is 2.27. The monoisotopic (exact) mass is 335 g/mol. The summed E-state index contributed by atoms with van der Waals surface area (Å²) in [6.45, 7) is 7.18. The van der Waals surface area contributed by atoms with Crippen LogP contribution in [0.4, 0.5) is 4.79 Å². The fourth-order valence-corrected chi connectivity index (χ4v) is 2.51. The molecule has 2 heterocycles. The standard InChI is InChI=1S/C17H25N3O4/c1-17(2,3)24-14-5-4-12(10-18-14)11-19-16(23)20-8-6-13(7-9-20)15(21)22/h4-5,10,13H,6-9,11H2,1-3H3,(H,19,23)(H,21,22). The number of amides is 2. The van der Waals surface area contributed by atoms with Crippen molar-refractivity contribution in [2.45, 2.75) is 45.8 Å². The van der Waals surface area contributed by atoms with Gasteiger partial charge in [0.2, 0.25) is 5.88 Å². The fraction of sp³-hybridized carbons (Fsp3) is 0.588. The molecule has 1 aliphatic rings. The van der Waals surface area contributed by atoms with Crippen LogP contribution in [-0.2, 0) is 11.3 Å². The summed E-state index contributed by atoms with van der Waals surface area (Å²) in [7, 11) is 0. The van der Waals surface area contributed by atoms with E-state index in [2.05, 4.69) is 10.3 Å². The van der Waals surface area contributed by atoms with Gasteiger partial charge in [-0.05, 0) is 39.2 Å². The molecule has 0 bridgehead atoms. The second-order valence-electron chi connectivity index (χ2n) is 6.98. The Bertz CT molecular complexity index is 572. The third-order valence-corrected chi connectivity index (χ3v) is 3.78. The van der Waals surface area contributed by atoms with Crippen LogP contribution in [0, 0.1) is 5.92 Å². The van der Waals surface area contributed by atoms with Crippen molar-refractivity contribution in [3.8, 4) is 5.88 Å². The molecule has 0 aromatic carbocycles. The predicted molar refractivity (Wildman–Crippen MR) is 88.8 cm³/mol. The number of nitrogens with zero attached hydrogens (tertiary/aromatic N) is 2. The van der Waals surface area contributed by atoms with Crippen LogP contribution in [-0.4, -0.2) is 45.7 Å². The number of carboxylic acid groups (broad SMARTS) is 1. The normalized spacial score (nSPS) is 15.9. The van der Waals surface area contributed by atoms with E-state index in [-0.39, 0.29) is 17.6 Å². The zero-order valence-electron chi connectivity index (χ0n) is 14.4. The van der Waals surface area contributed by atoms with Gasteiger partial charge in [-0.2, -0.15) is 0 Å². The zero-order valence-corrected chi connectivity index (χ0v) is 14.4. The summed E-state index contributed by atoms with van der Waals surface area (Å²) in [5.41, 5.74) is 0.579. The maximum atomic E-state index is 12.1. The number of piperidine rings is 1. The third-order valence-electron chi connectivity index (χ3n) is 3.78. The molecule has 132 valence electrons. The van der Waals surface area contributed by atoms with Crippen LogP contribution in [0.5, 0.6) is 5.88 Å². The van der Waals surface area contributed by atoms with Crippen LogP contribution in [0.15, 0.2) is 18.3 Å². The summed E-state index contributed by atoms with van der Waals surface area (Å²) in [5.74, 6) is -0.569. The highest BCUT2D eigenvalue weighted by Gasteiger charge is 2.26. The first-order chi connectivity index (χ1) is 11.2. The van der Waals surface area contributed by atoms with Crippen molar-refractivity contribution < 1.29 is 19.4 Å². The Hall–Kier alpha value is -2.31. The molecule has 1 aromatic heterocycles. The molecule has 0 spiro atoms. The molecule has 2 rings (SSSR count). The van der Waals surface area contributed by atoms with Gasteiger partial charge in [-0.15, -0.1) is 0 Å². The van der Waals surface area contributed by atoms with Crippen molar-refractivity contribution in [1.29, 1.82) is 0 Å². The van der Waals surface area contributed by atoms with Crippen LogP contribution in [0.2, 0.25) is 0 Å². The highest BCUT2D eigenvalue weighted by atomic mass is 16.5. The number of carbonyl (C=O) groups excluding carboxylic acids is 1. The molecular weight excluding hydrogens is 310 g/mol. The average molecular weight is 335 g/mol. The molecule has 1 aromatic rings. The van der Waals surface area contributed by atoms with E-state index in [0.717, 1.165) is 5.56 Å². The number of carbonyl (C=O) groups is 2. The molecule has 7 nitrogen and oxygen atoms in total. The molecule has 0 atom stereocenters. The van der Waals surface area contributed by atoms with Crippen molar-refractivity contribution in [3.63, 3.8) is 0 Å². The third kappa shape index (κ3) is 5.40. The number of aliphatic carboxylic acids is 1. The molecule has 1 aliphatic heterocycles. The van der Waals surface area contributed by atoms with Crippen molar-refractivity contribution >= 4 is 12.0 Å². The number of rotatable bonds is 4. The van der Waals surface area contributed by atoms with E-state index in [9.17, 15) is 9.59 Å². The number of urea groups is 1. The lowest BCUT2D eigenvalue weighted by Crippen LogP contribution is -2.45. The second-order valence-corrected chi connectivity index (χ2v) is 6.98. The van der Waals surface area contributed by atoms with E-state index in [1.807, 2.05) is 26.8 Å². The van der Waals surface area contributed by atoms with Crippen LogP contribution >= 0.6 is 0 Å². The lowest BCUT2D eigenvalue weighted by molar-refractivity contribution is -0.143. The number of nitrogens with one attached hydrogen (secondary N) is 1. The van der Waals surface area contributed by atoms with Gasteiger partial charge in [0.05, 0.1) is 5.92 Å². The molecule has 2 N–H and O–H groups in total. The van der Waals surface area contributed by atoms with Crippen LogP contribution in [0.25, 0.3) is 0 Å². The average Bonchev–Trinajstić information content (AvgIpc) is 2.52. The highest BCUT2D eigenvalue weighted by Crippen LogP contribution is 2.18. The molecule has 1 fully saturated rings. The molecule has 2 amide bonds. The van der Waals surface area contributed by atoms with E-state index in [1.165, 1.54) is 0 Å². The number of carboxylic acids is 1. The van der Waals surface area contributed by atoms with Gasteiger partial charge >= 0.3 is 12.0 Å². The number of likely N-dealkylation sites (tertiary alicyclic amines) is 1. The molecule has 0 unspecified atom stereocenters. The van der Waals surface area contributed by atoms with Gasteiger partial charge in [0.15, 0.2) is 0 Å². The quantitative estimate of drug-likeness (QED) is 0.880. The van der Waals surface area contributed by atoms with Gasteiger partial charge in [0.1, 0.15) is 5.60 Å². The number of ether oxygens (including phenoxy) is 1. The van der Waals surface area contributed by atoms with E-state index in [1.54, 1.807) is 17.2 Å². The number of aromatic nitrogens is 1. The summed E-state index contributed by atoms with van der Waals surface area (Å²) in [5, 5.41) is 11.8. The number of pyridine rings is 1. The van der Waals surface area contributed by atoms with Crippen molar-refractivity contribution in [3.05, 3.63) is 23.9 Å². The Balaban J connectivity index is 1.79. The largest absolute Gasteiger partial charge is 0.481 e. The summed E-state index contributed by atoms with van der Waals surface area (Å²) in [6.07, 6.45) is 2.68. The lowest BCUT2D eigenvalue weighted by atomic mass is 9.97. The Morgan fingerprint density at radius 3 is 2.50 bits per heavy atom. The number of hydrogen-bond donors (Lipinski definition) is 2. The first-order valence-electron chi connectivity index (χ1n) is 8.14. The summed E-state index contributed by atoms with van der Waals surface area (Å²) in [4.78, 5) is 28.9. The topological polar surface area (TPSA) is 91.8 Å². The Morgan fingerprint density at radius 1 is 1.33 bits per heavy atom. The molecule has 1 saturated heterocycles. The molecular formula is C17H25N3O4. The van der Waals surface area contributed by atoms with Crippen molar-refractivity contribution in [2.24, 2.45) is 5.92 Å². The minimum atomic E-state index is -0.779. The minimum Gasteiger partial charge on any atom is -0.481 e. The van der Waals surface area contributed by atoms with Crippen molar-refractivity contribution in [2.75, 3.05) is 13.1 Å². The minimum absolute atomic E-state index is 0.172. The van der Waals surface area contributed by atoms with Gasteiger partial charge in [0.25, 0.3) is 0 Å². The van der Waals surface area contributed by atoms with Crippen LogP contribution in [0.1, 0.15) is 39.2 Å². The van der Waals surface area contributed by atoms with E-state index >= 15 is 0 Å². The molecule has 0 saturated carbocycles. The van der Waals surface area contributed by atoms with E-state index < -0.39 is 5.97 Å². The van der Waals surface area contributed by atoms with E-state index in [4.69, 9.17) is 9.84 Å². The molecule has 0 aliphatic carbocycles. The molecule has 0 radical (unpaired) electrons. The molecule has 7 heteroatoms. The summed E-state index contributed by atoms with van der Waals surface area (Å²) >= 11 is 0. The second kappa shape index (κ2) is 7.51. The smallest absolute Gasteiger partial charge is 0.317 e. The molecule has 24 heavy (non-hydrogen) atoms. The fourth-order valence-electron chi connectivity index (χ4n) is 2.51. The van der Waals surface area contributed by atoms with Crippen LogP contribution in [0.3, 0.4) is 0 Å². The SMILES string of the molecule is CC(C)(C)Oc1ccc(CNC(=O)N2CCC(C(=O)O)CC2)cn1. The highest BCUT2D eigenvalue weighted by molar-refractivity contribution is 5.75. The van der Waals surface area contributed by atoms with Gasteiger partial charge in [-0.3, -0.25) is 4.79 Å². The Labute approximate surface area is 142 Å². The Morgan fingerprint density at radius 2 is 2.00 bits per heavy atom. The zero-order chi connectivity index (χ0) is 17.7. The van der Waals surface area contributed by atoms with E-state index in [0.29, 0.717) is 38.4 Å². The summed E-state index contributed by atoms with van der Waals surface area (Å²) < 4.78 is 5.65. The maximum Gasteiger partial charge on any atom is 0.317 e.